The Hall–Kier alpha value is -4.02. The lowest BCUT2D eigenvalue weighted by Gasteiger charge is -2.40. The highest BCUT2D eigenvalue weighted by Gasteiger charge is 2.48. The molecule has 42 heavy (non-hydrogen) atoms. The van der Waals surface area contributed by atoms with Crippen LogP contribution < -0.4 is 4.74 Å². The number of carbonyl (C=O) groups excluding carboxylic acids is 1. The summed E-state index contributed by atoms with van der Waals surface area (Å²) < 4.78 is 46.1. The van der Waals surface area contributed by atoms with Crippen molar-refractivity contribution < 1.29 is 22.7 Å². The van der Waals surface area contributed by atoms with Crippen molar-refractivity contribution >= 4 is 28.3 Å². The number of alkyl halides is 3. The van der Waals surface area contributed by atoms with Crippen LogP contribution in [0.25, 0.3) is 10.8 Å². The monoisotopic (exact) mass is 590 g/mol. The zero-order valence-corrected chi connectivity index (χ0v) is 24.0. The molecule has 1 heterocycles. The molecule has 5 rings (SSSR count). The van der Waals surface area contributed by atoms with Crippen LogP contribution in [0, 0.1) is 16.7 Å². The number of carbonyl (C=O) groups is 1. The SMILES string of the molecule is COc1ccccc1[C@H](c1cccc2ccccc12)[C@@](C)(C#N)C(=O)N1CCC(c2ccc(Cl)c(C(F)(F)F)c2)CC1. The quantitative estimate of drug-likeness (QED) is 0.226. The van der Waals surface area contributed by atoms with Gasteiger partial charge in [0.25, 0.3) is 0 Å². The van der Waals surface area contributed by atoms with Crippen LogP contribution in [0.15, 0.2) is 84.9 Å². The molecule has 0 radical (unpaired) electrons. The van der Waals surface area contributed by atoms with Crippen LogP contribution in [0.3, 0.4) is 0 Å². The average molecular weight is 591 g/mol. The Morgan fingerprint density at radius 3 is 2.31 bits per heavy atom. The van der Waals surface area contributed by atoms with Crippen molar-refractivity contribution in [2.45, 2.75) is 37.8 Å². The summed E-state index contributed by atoms with van der Waals surface area (Å²) in [4.78, 5) is 16.0. The van der Waals surface area contributed by atoms with E-state index in [1.165, 1.54) is 6.07 Å². The van der Waals surface area contributed by atoms with Gasteiger partial charge < -0.3 is 9.64 Å². The lowest BCUT2D eigenvalue weighted by Crippen LogP contribution is -2.48. The molecule has 216 valence electrons. The van der Waals surface area contributed by atoms with E-state index in [4.69, 9.17) is 16.3 Å². The largest absolute Gasteiger partial charge is 0.496 e. The minimum atomic E-state index is -4.55. The van der Waals surface area contributed by atoms with Gasteiger partial charge in [0.1, 0.15) is 11.2 Å². The molecule has 0 aromatic heterocycles. The van der Waals surface area contributed by atoms with Crippen LogP contribution >= 0.6 is 11.6 Å². The van der Waals surface area contributed by atoms with Crippen molar-refractivity contribution in [3.8, 4) is 11.8 Å². The van der Waals surface area contributed by atoms with Gasteiger partial charge in [-0.3, -0.25) is 4.79 Å². The second-order valence-electron chi connectivity index (χ2n) is 10.9. The van der Waals surface area contributed by atoms with Crippen LogP contribution in [0.2, 0.25) is 5.02 Å². The third kappa shape index (κ3) is 5.44. The molecule has 0 spiro atoms. The van der Waals surface area contributed by atoms with E-state index in [9.17, 15) is 23.2 Å². The van der Waals surface area contributed by atoms with Gasteiger partial charge in [0, 0.05) is 24.6 Å². The number of halogens is 4. The van der Waals surface area contributed by atoms with Gasteiger partial charge in [-0.2, -0.15) is 18.4 Å². The zero-order valence-electron chi connectivity index (χ0n) is 23.3. The van der Waals surface area contributed by atoms with Crippen molar-refractivity contribution in [1.29, 1.82) is 5.26 Å². The van der Waals surface area contributed by atoms with E-state index in [-0.39, 0.29) is 16.8 Å². The highest BCUT2D eigenvalue weighted by molar-refractivity contribution is 6.31. The molecule has 0 bridgehead atoms. The Kier molecular flexibility index (Phi) is 8.21. The first-order valence-electron chi connectivity index (χ1n) is 13.8. The average Bonchev–Trinajstić information content (AvgIpc) is 3.01. The van der Waals surface area contributed by atoms with E-state index in [0.29, 0.717) is 37.2 Å². The van der Waals surface area contributed by atoms with Gasteiger partial charge in [-0.1, -0.05) is 78.3 Å². The van der Waals surface area contributed by atoms with Crippen molar-refractivity contribution in [2.75, 3.05) is 20.2 Å². The van der Waals surface area contributed by atoms with E-state index in [1.807, 2.05) is 66.7 Å². The second-order valence-corrected chi connectivity index (χ2v) is 11.3. The first-order valence-corrected chi connectivity index (χ1v) is 14.1. The Morgan fingerprint density at radius 2 is 1.62 bits per heavy atom. The van der Waals surface area contributed by atoms with E-state index in [2.05, 4.69) is 6.07 Å². The molecule has 4 aromatic rings. The standard InChI is InChI=1S/C34H30ClF3N2O2/c1-33(21-39,32(41)40-18-16-22(17-19-40)24-14-15-29(35)28(20-24)34(36,37)38)31(27-11-5-6-13-30(27)42-2)26-12-7-9-23-8-3-4-10-25(23)26/h3-15,20,22,31H,16-19H2,1-2H3/t31-,33+/m0/s1. The van der Waals surface area contributed by atoms with Crippen molar-refractivity contribution in [2.24, 2.45) is 5.41 Å². The van der Waals surface area contributed by atoms with Gasteiger partial charge in [0.15, 0.2) is 0 Å². The predicted octanol–water partition coefficient (Wildman–Crippen LogP) is 8.59. The molecular formula is C34H30ClF3N2O2. The maximum absolute atomic E-state index is 14.3. The molecule has 1 saturated heterocycles. The maximum Gasteiger partial charge on any atom is 0.417 e. The first-order chi connectivity index (χ1) is 20.1. The summed E-state index contributed by atoms with van der Waals surface area (Å²) in [6.45, 7) is 2.31. The van der Waals surface area contributed by atoms with Crippen LogP contribution in [-0.4, -0.2) is 31.0 Å². The normalized spacial score (nSPS) is 16.5. The summed E-state index contributed by atoms with van der Waals surface area (Å²) in [5.74, 6) is -0.560. The number of methoxy groups -OCH3 is 1. The number of amides is 1. The number of ether oxygens (including phenoxy) is 1. The van der Waals surface area contributed by atoms with Crippen molar-refractivity contribution in [3.05, 3.63) is 112 Å². The van der Waals surface area contributed by atoms with Gasteiger partial charge >= 0.3 is 6.18 Å². The van der Waals surface area contributed by atoms with Crippen LogP contribution in [-0.2, 0) is 11.0 Å². The summed E-state index contributed by atoms with van der Waals surface area (Å²) in [5.41, 5.74) is -0.248. The molecule has 0 N–H and O–H groups in total. The Labute approximate surface area is 248 Å². The third-order valence-corrected chi connectivity index (χ3v) is 8.72. The summed E-state index contributed by atoms with van der Waals surface area (Å²) in [6, 6.07) is 27.6. The lowest BCUT2D eigenvalue weighted by molar-refractivity contribution is -0.140. The summed E-state index contributed by atoms with van der Waals surface area (Å²) in [7, 11) is 1.57. The number of benzene rings is 4. The fourth-order valence-electron chi connectivity index (χ4n) is 6.19. The van der Waals surface area contributed by atoms with E-state index in [0.717, 1.165) is 28.0 Å². The van der Waals surface area contributed by atoms with Crippen molar-refractivity contribution in [1.82, 2.24) is 4.90 Å². The summed E-state index contributed by atoms with van der Waals surface area (Å²) in [6.07, 6.45) is -3.60. The smallest absolute Gasteiger partial charge is 0.417 e. The van der Waals surface area contributed by atoms with Gasteiger partial charge in [0.05, 0.1) is 23.8 Å². The second kappa shape index (κ2) is 11.7. The highest BCUT2D eigenvalue weighted by Crippen LogP contribution is 2.48. The third-order valence-electron chi connectivity index (χ3n) is 8.39. The van der Waals surface area contributed by atoms with E-state index >= 15 is 0 Å². The van der Waals surface area contributed by atoms with Gasteiger partial charge in [-0.05, 0) is 65.8 Å². The fourth-order valence-corrected chi connectivity index (χ4v) is 6.42. The number of piperidine rings is 1. The fraction of sp³-hybridized carbons (Fsp3) is 0.294. The van der Waals surface area contributed by atoms with Gasteiger partial charge in [-0.25, -0.2) is 0 Å². The van der Waals surface area contributed by atoms with Crippen molar-refractivity contribution in [3.63, 3.8) is 0 Å². The van der Waals surface area contributed by atoms with Crippen LogP contribution in [0.4, 0.5) is 13.2 Å². The molecule has 2 atom stereocenters. The van der Waals surface area contributed by atoms with Crippen LogP contribution in [0.5, 0.6) is 5.75 Å². The number of para-hydroxylation sites is 1. The molecule has 1 aliphatic rings. The van der Waals surface area contributed by atoms with E-state index in [1.54, 1.807) is 25.0 Å². The number of fused-ring (bicyclic) bond motifs is 1. The molecule has 8 heteroatoms. The molecule has 4 aromatic carbocycles. The molecule has 4 nitrogen and oxygen atoms in total. The van der Waals surface area contributed by atoms with Gasteiger partial charge in [0.2, 0.25) is 5.91 Å². The highest BCUT2D eigenvalue weighted by atomic mass is 35.5. The number of nitriles is 1. The van der Waals surface area contributed by atoms with Crippen LogP contribution in [0.1, 0.15) is 53.9 Å². The minimum absolute atomic E-state index is 0.163. The predicted molar refractivity (Wildman–Crippen MR) is 158 cm³/mol. The number of hydrogen-bond donors (Lipinski definition) is 0. The first kappa shape index (κ1) is 29.5. The minimum Gasteiger partial charge on any atom is -0.496 e. The summed E-state index contributed by atoms with van der Waals surface area (Å²) in [5, 5.41) is 12.3. The maximum atomic E-state index is 14.3. The molecule has 0 unspecified atom stereocenters. The number of hydrogen-bond acceptors (Lipinski definition) is 3. The topological polar surface area (TPSA) is 53.3 Å². The zero-order chi connectivity index (χ0) is 30.1. The molecule has 0 saturated carbocycles. The van der Waals surface area contributed by atoms with E-state index < -0.39 is 23.1 Å². The molecule has 0 aliphatic carbocycles. The Morgan fingerprint density at radius 1 is 0.976 bits per heavy atom. The number of nitrogens with zero attached hydrogens (tertiary/aromatic N) is 2. The Balaban J connectivity index is 1.50. The molecule has 1 fully saturated rings. The molecular weight excluding hydrogens is 561 g/mol. The number of rotatable bonds is 6. The summed E-state index contributed by atoms with van der Waals surface area (Å²) >= 11 is 5.83. The molecule has 1 amide bonds. The lowest BCUT2D eigenvalue weighted by atomic mass is 9.68. The Bertz CT molecular complexity index is 1650. The van der Waals surface area contributed by atoms with Gasteiger partial charge in [-0.15, -0.1) is 0 Å². The number of likely N-dealkylation sites (tertiary alicyclic amines) is 1. The molecule has 1 aliphatic heterocycles.